The van der Waals surface area contributed by atoms with Crippen molar-refractivity contribution in [2.45, 2.75) is 64.5 Å². The molecule has 0 spiro atoms. The zero-order valence-electron chi connectivity index (χ0n) is 29.2. The summed E-state index contributed by atoms with van der Waals surface area (Å²) < 4.78 is 38.8. The number of rotatable bonds is 13. The van der Waals surface area contributed by atoms with Crippen molar-refractivity contribution < 1.29 is 47.3 Å². The van der Waals surface area contributed by atoms with Gasteiger partial charge in [-0.1, -0.05) is 25.5 Å². The average molecular weight is 724 g/mol. The van der Waals surface area contributed by atoms with Gasteiger partial charge in [0.25, 0.3) is 11.8 Å². The summed E-state index contributed by atoms with van der Waals surface area (Å²) in [6.07, 6.45) is 1.83. The lowest BCUT2D eigenvalue weighted by Crippen LogP contribution is -2.56. The Morgan fingerprint density at radius 2 is 1.73 bits per heavy atom. The van der Waals surface area contributed by atoms with Crippen molar-refractivity contribution in [1.29, 1.82) is 0 Å². The van der Waals surface area contributed by atoms with Crippen LogP contribution < -0.4 is 10.1 Å². The Kier molecular flexibility index (Phi) is 12.6. The second-order valence-corrected chi connectivity index (χ2v) is 13.0. The zero-order valence-corrected chi connectivity index (χ0v) is 29.2. The monoisotopic (exact) mass is 723 g/mol. The molecular weight excluding hydrogens is 680 g/mol. The number of pyridine rings is 1. The molecule has 2 aliphatic rings. The molecule has 2 N–H and O–H groups in total. The highest BCUT2D eigenvalue weighted by molar-refractivity contribution is 5.99. The number of carbonyl (C=O) groups is 5. The molecule has 278 valence electrons. The van der Waals surface area contributed by atoms with Crippen molar-refractivity contribution in [2.24, 2.45) is 0 Å². The summed E-state index contributed by atoms with van der Waals surface area (Å²) in [7, 11) is 0. The van der Waals surface area contributed by atoms with Crippen LogP contribution in [0.1, 0.15) is 73.1 Å². The van der Waals surface area contributed by atoms with E-state index in [2.05, 4.69) is 10.3 Å². The topological polar surface area (TPSA) is 159 Å². The number of nitrogens with zero attached hydrogens (tertiary/aromatic N) is 4. The minimum absolute atomic E-state index is 0.117. The van der Waals surface area contributed by atoms with Gasteiger partial charge in [-0.05, 0) is 68.0 Å². The zero-order chi connectivity index (χ0) is 37.4. The predicted molar refractivity (Wildman–Crippen MR) is 185 cm³/mol. The van der Waals surface area contributed by atoms with Crippen LogP contribution in [0, 0.1) is 18.6 Å². The number of benzene rings is 2. The molecule has 15 heteroatoms. The number of aryl methyl sites for hydroxylation is 1. The second-order valence-electron chi connectivity index (χ2n) is 13.0. The number of ether oxygens (including phenoxy) is 2. The lowest BCUT2D eigenvalue weighted by molar-refractivity contribution is -0.138. The molecule has 0 saturated carbocycles. The number of unbranched alkanes of at least 4 members (excludes halogenated alkanes) is 1. The van der Waals surface area contributed by atoms with E-state index in [0.29, 0.717) is 42.5 Å². The van der Waals surface area contributed by atoms with Crippen molar-refractivity contribution in [2.75, 3.05) is 45.9 Å². The molecule has 3 aromatic rings. The van der Waals surface area contributed by atoms with Crippen LogP contribution in [-0.2, 0) is 19.1 Å². The number of carboxylic acids is 1. The number of amides is 4. The Balaban J connectivity index is 1.30. The number of aliphatic carboxylic acids is 1. The molecule has 5 rings (SSSR count). The summed E-state index contributed by atoms with van der Waals surface area (Å²) in [5.41, 5.74) is 1.60. The number of hydrogen-bond donors (Lipinski definition) is 2. The van der Waals surface area contributed by atoms with E-state index < -0.39 is 54.2 Å². The Bertz CT molecular complexity index is 1820. The van der Waals surface area contributed by atoms with Gasteiger partial charge in [0.05, 0.1) is 18.2 Å². The first-order valence-electron chi connectivity index (χ1n) is 17.5. The van der Waals surface area contributed by atoms with Gasteiger partial charge in [0, 0.05) is 50.6 Å². The van der Waals surface area contributed by atoms with Crippen molar-refractivity contribution in [3.05, 3.63) is 70.9 Å². The maximum Gasteiger partial charge on any atom is 0.409 e. The summed E-state index contributed by atoms with van der Waals surface area (Å²) in [5, 5.41) is 12.5. The lowest BCUT2D eigenvalue weighted by Gasteiger charge is -2.36. The van der Waals surface area contributed by atoms with E-state index in [1.165, 1.54) is 21.9 Å². The highest BCUT2D eigenvalue weighted by atomic mass is 19.2. The number of piperazine rings is 1. The molecule has 2 unspecified atom stereocenters. The molecule has 0 bridgehead atoms. The van der Waals surface area contributed by atoms with E-state index in [9.17, 15) is 37.9 Å². The normalized spacial score (nSPS) is 16.5. The number of hydrogen-bond acceptors (Lipinski definition) is 8. The van der Waals surface area contributed by atoms with Crippen LogP contribution in [0.2, 0.25) is 0 Å². The smallest absolute Gasteiger partial charge is 0.409 e. The van der Waals surface area contributed by atoms with Crippen molar-refractivity contribution in [3.8, 4) is 5.75 Å². The van der Waals surface area contributed by atoms with Gasteiger partial charge in [-0.25, -0.2) is 18.6 Å². The maximum absolute atomic E-state index is 14.0. The molecular formula is C37H43F2N5O8. The Hall–Kier alpha value is -5.34. The summed E-state index contributed by atoms with van der Waals surface area (Å²) in [6, 6.07) is 8.60. The first-order valence-corrected chi connectivity index (χ1v) is 17.5. The van der Waals surface area contributed by atoms with Crippen molar-refractivity contribution >= 4 is 40.7 Å². The van der Waals surface area contributed by atoms with Crippen LogP contribution in [0.25, 0.3) is 10.9 Å². The minimum Gasteiger partial charge on any atom is -0.483 e. The third kappa shape index (κ3) is 9.30. The standard InChI is InChI=1S/C37H43F2N5O8/c1-3-4-18-51-37(50)43-16-14-42(15-17-43)36(49)28(11-12-34(46)47)41-35(48)30-21-32(25-9-7-23(2)19-29(25)40-30)52-22-33(45)44-13-5-6-31(44)24-8-10-26(38)27(39)20-24/h7-10,19-21,28,31H,3-6,11-18,22H2,1-2H3,(H,41,48)(H,46,47). The van der Waals surface area contributed by atoms with Crippen LogP contribution in [0.3, 0.4) is 0 Å². The number of carboxylic acid groups (broad SMARTS) is 1. The van der Waals surface area contributed by atoms with E-state index in [1.54, 1.807) is 17.0 Å². The van der Waals surface area contributed by atoms with E-state index in [0.717, 1.165) is 30.5 Å². The number of aromatic nitrogens is 1. The van der Waals surface area contributed by atoms with Gasteiger partial charge >= 0.3 is 12.1 Å². The largest absolute Gasteiger partial charge is 0.483 e. The van der Waals surface area contributed by atoms with E-state index in [1.807, 2.05) is 19.9 Å². The third-order valence-corrected chi connectivity index (χ3v) is 9.24. The molecule has 4 amide bonds. The second kappa shape index (κ2) is 17.2. The molecule has 2 fully saturated rings. The molecule has 0 radical (unpaired) electrons. The Morgan fingerprint density at radius 3 is 2.44 bits per heavy atom. The van der Waals surface area contributed by atoms with Gasteiger partial charge in [0.1, 0.15) is 17.5 Å². The highest BCUT2D eigenvalue weighted by Gasteiger charge is 2.33. The van der Waals surface area contributed by atoms with E-state index in [-0.39, 0.29) is 56.4 Å². The summed E-state index contributed by atoms with van der Waals surface area (Å²) >= 11 is 0. The summed E-state index contributed by atoms with van der Waals surface area (Å²) in [5.74, 6) is -4.55. The van der Waals surface area contributed by atoms with Gasteiger partial charge in [0.2, 0.25) is 5.91 Å². The molecule has 13 nitrogen and oxygen atoms in total. The van der Waals surface area contributed by atoms with Crippen LogP contribution in [0.4, 0.5) is 13.6 Å². The molecule has 2 atom stereocenters. The van der Waals surface area contributed by atoms with Gasteiger partial charge in [0.15, 0.2) is 18.2 Å². The SMILES string of the molecule is CCCCOC(=O)N1CCN(C(=O)C(CCC(=O)O)NC(=O)c2cc(OCC(=O)N3CCCC3c3ccc(F)c(F)c3)c3ccc(C)cc3n2)CC1. The van der Waals surface area contributed by atoms with Gasteiger partial charge in [-0.3, -0.25) is 19.2 Å². The fourth-order valence-electron chi connectivity index (χ4n) is 6.38. The first-order chi connectivity index (χ1) is 24.9. The third-order valence-electron chi connectivity index (χ3n) is 9.24. The maximum atomic E-state index is 14.0. The average Bonchev–Trinajstić information content (AvgIpc) is 3.63. The molecule has 1 aromatic heterocycles. The van der Waals surface area contributed by atoms with Crippen LogP contribution in [0.15, 0.2) is 42.5 Å². The number of nitrogens with one attached hydrogen (secondary N) is 1. The van der Waals surface area contributed by atoms with Crippen LogP contribution >= 0.6 is 0 Å². The summed E-state index contributed by atoms with van der Waals surface area (Å²) in [6.45, 7) is 4.92. The molecule has 2 aliphatic heterocycles. The summed E-state index contributed by atoms with van der Waals surface area (Å²) in [4.78, 5) is 73.6. The first kappa shape index (κ1) is 37.9. The number of halogens is 2. The Morgan fingerprint density at radius 1 is 0.981 bits per heavy atom. The number of likely N-dealkylation sites (tertiary alicyclic amines) is 1. The van der Waals surface area contributed by atoms with Crippen molar-refractivity contribution in [3.63, 3.8) is 0 Å². The number of carbonyl (C=O) groups excluding carboxylic acids is 4. The van der Waals surface area contributed by atoms with Crippen LogP contribution in [-0.4, -0.2) is 107 Å². The quantitative estimate of drug-likeness (QED) is 0.240. The predicted octanol–water partition coefficient (Wildman–Crippen LogP) is 4.61. The van der Waals surface area contributed by atoms with Gasteiger partial charge in [-0.2, -0.15) is 0 Å². The molecule has 3 heterocycles. The highest BCUT2D eigenvalue weighted by Crippen LogP contribution is 2.33. The van der Waals surface area contributed by atoms with Gasteiger partial charge < -0.3 is 34.6 Å². The fourth-order valence-corrected chi connectivity index (χ4v) is 6.38. The molecule has 52 heavy (non-hydrogen) atoms. The van der Waals surface area contributed by atoms with Crippen molar-refractivity contribution in [1.82, 2.24) is 25.0 Å². The Labute approximate surface area is 299 Å². The molecule has 2 aromatic carbocycles. The lowest BCUT2D eigenvalue weighted by atomic mass is 10.0. The van der Waals surface area contributed by atoms with Gasteiger partial charge in [-0.15, -0.1) is 0 Å². The van der Waals surface area contributed by atoms with E-state index >= 15 is 0 Å². The fraction of sp³-hybridized carbons (Fsp3) is 0.459. The van der Waals surface area contributed by atoms with E-state index in [4.69, 9.17) is 9.47 Å². The molecule has 2 saturated heterocycles. The van der Waals surface area contributed by atoms with Crippen LogP contribution in [0.5, 0.6) is 5.75 Å². The number of fused-ring (bicyclic) bond motifs is 1. The molecule has 0 aliphatic carbocycles. The minimum atomic E-state index is -1.20.